The lowest BCUT2D eigenvalue weighted by atomic mass is 9.87. The van der Waals surface area contributed by atoms with Crippen molar-refractivity contribution >= 4 is 17.2 Å². The Hall–Kier alpha value is -0.870. The van der Waals surface area contributed by atoms with Crippen molar-refractivity contribution in [2.24, 2.45) is 11.8 Å². The van der Waals surface area contributed by atoms with Gasteiger partial charge in [0.15, 0.2) is 0 Å². The third-order valence-corrected chi connectivity index (χ3v) is 4.58. The van der Waals surface area contributed by atoms with Crippen LogP contribution in [0.15, 0.2) is 17.5 Å². The van der Waals surface area contributed by atoms with Crippen LogP contribution in [0.5, 0.6) is 0 Å². The first kappa shape index (κ1) is 13.6. The van der Waals surface area contributed by atoms with E-state index < -0.39 is 0 Å². The largest absolute Gasteiger partial charge is 0.335 e. The van der Waals surface area contributed by atoms with Crippen molar-refractivity contribution < 1.29 is 4.79 Å². The smallest absolute Gasteiger partial charge is 0.226 e. The summed E-state index contributed by atoms with van der Waals surface area (Å²) in [5.74, 6) is 0.945. The van der Waals surface area contributed by atoms with Gasteiger partial charge in [0.25, 0.3) is 0 Å². The van der Waals surface area contributed by atoms with E-state index in [4.69, 9.17) is 0 Å². The SMILES string of the molecule is CC(C(=O)N(Cc1cccs1)C(C)C)C1CNC1. The van der Waals surface area contributed by atoms with Gasteiger partial charge in [-0.3, -0.25) is 4.79 Å². The first-order chi connectivity index (χ1) is 8.59. The molecule has 1 aliphatic heterocycles. The summed E-state index contributed by atoms with van der Waals surface area (Å²) in [7, 11) is 0. The van der Waals surface area contributed by atoms with Crippen molar-refractivity contribution in [3.63, 3.8) is 0 Å². The van der Waals surface area contributed by atoms with E-state index in [-0.39, 0.29) is 12.0 Å². The van der Waals surface area contributed by atoms with E-state index in [1.54, 1.807) is 11.3 Å². The Labute approximate surface area is 113 Å². The predicted octanol–water partition coefficient (Wildman–Crippen LogP) is 2.34. The van der Waals surface area contributed by atoms with E-state index in [0.29, 0.717) is 11.8 Å². The summed E-state index contributed by atoms with van der Waals surface area (Å²) in [5.41, 5.74) is 0. The first-order valence-electron chi connectivity index (χ1n) is 6.63. The van der Waals surface area contributed by atoms with Gasteiger partial charge in [-0.15, -0.1) is 11.3 Å². The second kappa shape index (κ2) is 5.85. The summed E-state index contributed by atoms with van der Waals surface area (Å²) in [4.78, 5) is 15.8. The van der Waals surface area contributed by atoms with E-state index >= 15 is 0 Å². The molecule has 1 unspecified atom stereocenters. The fraction of sp³-hybridized carbons (Fsp3) is 0.643. The standard InChI is InChI=1S/C14H22N2OS/c1-10(2)16(9-13-5-4-6-18-13)14(17)11(3)12-7-15-8-12/h4-6,10-12,15H,7-9H2,1-3H3. The van der Waals surface area contributed by atoms with Gasteiger partial charge >= 0.3 is 0 Å². The highest BCUT2D eigenvalue weighted by Crippen LogP contribution is 2.22. The van der Waals surface area contributed by atoms with Gasteiger partial charge in [-0.1, -0.05) is 13.0 Å². The lowest BCUT2D eigenvalue weighted by Gasteiger charge is -2.36. The normalized spacial score (nSPS) is 17.6. The molecule has 2 rings (SSSR count). The summed E-state index contributed by atoms with van der Waals surface area (Å²) < 4.78 is 0. The van der Waals surface area contributed by atoms with Crippen LogP contribution in [-0.4, -0.2) is 29.9 Å². The minimum atomic E-state index is 0.133. The molecule has 1 saturated heterocycles. The Balaban J connectivity index is 2.02. The van der Waals surface area contributed by atoms with Crippen LogP contribution in [0.25, 0.3) is 0 Å². The topological polar surface area (TPSA) is 32.3 Å². The van der Waals surface area contributed by atoms with Crippen molar-refractivity contribution in [1.82, 2.24) is 10.2 Å². The van der Waals surface area contributed by atoms with Gasteiger partial charge in [-0.25, -0.2) is 0 Å². The molecule has 1 amide bonds. The lowest BCUT2D eigenvalue weighted by Crippen LogP contribution is -2.51. The molecule has 100 valence electrons. The van der Waals surface area contributed by atoms with Crippen LogP contribution in [0, 0.1) is 11.8 Å². The molecule has 0 saturated carbocycles. The molecule has 3 nitrogen and oxygen atoms in total. The van der Waals surface area contributed by atoms with E-state index in [2.05, 4.69) is 37.5 Å². The number of nitrogens with one attached hydrogen (secondary N) is 1. The first-order valence-corrected chi connectivity index (χ1v) is 7.51. The number of nitrogens with zero attached hydrogens (tertiary/aromatic N) is 1. The zero-order valence-corrected chi connectivity index (χ0v) is 12.2. The highest BCUT2D eigenvalue weighted by Gasteiger charge is 2.32. The molecular weight excluding hydrogens is 244 g/mol. The summed E-state index contributed by atoms with van der Waals surface area (Å²) >= 11 is 1.72. The molecule has 0 aromatic carbocycles. The molecule has 1 aliphatic rings. The Morgan fingerprint density at radius 3 is 2.67 bits per heavy atom. The third kappa shape index (κ3) is 2.93. The van der Waals surface area contributed by atoms with Crippen LogP contribution in [-0.2, 0) is 11.3 Å². The second-order valence-corrected chi connectivity index (χ2v) is 6.38. The Morgan fingerprint density at radius 1 is 1.50 bits per heavy atom. The molecular formula is C14H22N2OS. The predicted molar refractivity (Wildman–Crippen MR) is 75.5 cm³/mol. The summed E-state index contributed by atoms with van der Waals surface area (Å²) in [6.45, 7) is 8.97. The maximum absolute atomic E-state index is 12.5. The molecule has 1 aromatic rings. The van der Waals surface area contributed by atoms with Crippen LogP contribution in [0.4, 0.5) is 0 Å². The number of hydrogen-bond donors (Lipinski definition) is 1. The number of hydrogen-bond acceptors (Lipinski definition) is 3. The van der Waals surface area contributed by atoms with Gasteiger partial charge < -0.3 is 10.2 Å². The molecule has 1 atom stereocenters. The Bertz CT molecular complexity index is 385. The number of carbonyl (C=O) groups excluding carboxylic acids is 1. The fourth-order valence-electron chi connectivity index (χ4n) is 2.21. The molecule has 0 bridgehead atoms. The van der Waals surface area contributed by atoms with Crippen molar-refractivity contribution in [1.29, 1.82) is 0 Å². The third-order valence-electron chi connectivity index (χ3n) is 3.72. The molecule has 0 aliphatic carbocycles. The quantitative estimate of drug-likeness (QED) is 0.887. The van der Waals surface area contributed by atoms with Crippen molar-refractivity contribution in [2.75, 3.05) is 13.1 Å². The zero-order chi connectivity index (χ0) is 13.1. The Kier molecular flexibility index (Phi) is 4.40. The van der Waals surface area contributed by atoms with Crippen LogP contribution >= 0.6 is 11.3 Å². The minimum Gasteiger partial charge on any atom is -0.335 e. The van der Waals surface area contributed by atoms with Crippen LogP contribution < -0.4 is 5.32 Å². The molecule has 1 fully saturated rings. The zero-order valence-electron chi connectivity index (χ0n) is 11.3. The van der Waals surface area contributed by atoms with Crippen molar-refractivity contribution in [3.8, 4) is 0 Å². The van der Waals surface area contributed by atoms with Crippen molar-refractivity contribution in [3.05, 3.63) is 22.4 Å². The summed E-state index contributed by atoms with van der Waals surface area (Å²) in [6.07, 6.45) is 0. The number of amides is 1. The van der Waals surface area contributed by atoms with Gasteiger partial charge in [0.05, 0.1) is 6.54 Å². The molecule has 0 radical (unpaired) electrons. The molecule has 1 aromatic heterocycles. The second-order valence-electron chi connectivity index (χ2n) is 5.35. The molecule has 4 heteroatoms. The molecule has 1 N–H and O–H groups in total. The monoisotopic (exact) mass is 266 g/mol. The molecule has 18 heavy (non-hydrogen) atoms. The average Bonchev–Trinajstić information content (AvgIpc) is 2.74. The van der Waals surface area contributed by atoms with Gasteiger partial charge in [-0.05, 0) is 44.3 Å². The van der Waals surface area contributed by atoms with E-state index in [1.807, 2.05) is 11.0 Å². The lowest BCUT2D eigenvalue weighted by molar-refractivity contribution is -0.139. The highest BCUT2D eigenvalue weighted by atomic mass is 32.1. The van der Waals surface area contributed by atoms with Gasteiger partial charge in [0.1, 0.15) is 0 Å². The summed E-state index contributed by atoms with van der Waals surface area (Å²) in [5, 5.41) is 5.31. The van der Waals surface area contributed by atoms with Crippen molar-refractivity contribution in [2.45, 2.75) is 33.4 Å². The van der Waals surface area contributed by atoms with Crippen LogP contribution in [0.1, 0.15) is 25.6 Å². The van der Waals surface area contributed by atoms with Gasteiger partial charge in [0, 0.05) is 16.8 Å². The average molecular weight is 266 g/mol. The van der Waals surface area contributed by atoms with E-state index in [1.165, 1.54) is 4.88 Å². The van der Waals surface area contributed by atoms with Gasteiger partial charge in [-0.2, -0.15) is 0 Å². The Morgan fingerprint density at radius 2 is 2.22 bits per heavy atom. The molecule has 0 spiro atoms. The van der Waals surface area contributed by atoms with E-state index in [0.717, 1.165) is 19.6 Å². The number of thiophene rings is 1. The van der Waals surface area contributed by atoms with Gasteiger partial charge in [0.2, 0.25) is 5.91 Å². The molecule has 2 heterocycles. The minimum absolute atomic E-state index is 0.133. The number of rotatable bonds is 5. The summed E-state index contributed by atoms with van der Waals surface area (Å²) in [6, 6.07) is 4.40. The number of carbonyl (C=O) groups is 1. The fourth-order valence-corrected chi connectivity index (χ4v) is 2.92. The maximum atomic E-state index is 12.5. The highest BCUT2D eigenvalue weighted by molar-refractivity contribution is 7.09. The van der Waals surface area contributed by atoms with Crippen LogP contribution in [0.3, 0.4) is 0 Å². The van der Waals surface area contributed by atoms with E-state index in [9.17, 15) is 4.79 Å². The van der Waals surface area contributed by atoms with Crippen LogP contribution in [0.2, 0.25) is 0 Å². The maximum Gasteiger partial charge on any atom is 0.226 e.